The van der Waals surface area contributed by atoms with Gasteiger partial charge in [0.15, 0.2) is 0 Å². The summed E-state index contributed by atoms with van der Waals surface area (Å²) in [6.45, 7) is 8.26. The molecule has 2 rings (SSSR count). The minimum atomic E-state index is -0.395. The Morgan fingerprint density at radius 1 is 1.37 bits per heavy atom. The van der Waals surface area contributed by atoms with Gasteiger partial charge in [0.05, 0.1) is 18.6 Å². The van der Waals surface area contributed by atoms with Crippen molar-refractivity contribution < 1.29 is 19.5 Å². The van der Waals surface area contributed by atoms with E-state index >= 15 is 0 Å². The van der Waals surface area contributed by atoms with E-state index in [9.17, 15) is 10.0 Å². The fraction of sp³-hybridized carbons (Fsp3) is 0.467. The Morgan fingerprint density at radius 2 is 2.00 bits per heavy atom. The van der Waals surface area contributed by atoms with Gasteiger partial charge in [-0.1, -0.05) is 26.8 Å². The molecular weight excluding hydrogens is 242 g/mol. The van der Waals surface area contributed by atoms with Crippen LogP contribution in [0.3, 0.4) is 0 Å². The van der Waals surface area contributed by atoms with Gasteiger partial charge in [-0.05, 0) is 13.0 Å². The summed E-state index contributed by atoms with van der Waals surface area (Å²) in [5.74, 6) is -0.264. The van der Waals surface area contributed by atoms with Crippen molar-refractivity contribution in [2.45, 2.75) is 33.6 Å². The molecule has 1 aliphatic rings. The fourth-order valence-corrected chi connectivity index (χ4v) is 2.77. The van der Waals surface area contributed by atoms with Crippen LogP contribution in [-0.2, 0) is 4.74 Å². The van der Waals surface area contributed by atoms with Crippen LogP contribution in [0, 0.1) is 5.41 Å². The monoisotopic (exact) mass is 262 g/mol. The Balaban J connectivity index is 2.57. The second-order valence-electron chi connectivity index (χ2n) is 5.93. The van der Waals surface area contributed by atoms with Crippen molar-refractivity contribution in [2.75, 3.05) is 7.11 Å². The van der Waals surface area contributed by atoms with Crippen LogP contribution in [0.4, 0.5) is 5.69 Å². The summed E-state index contributed by atoms with van der Waals surface area (Å²) >= 11 is 0. The maximum Gasteiger partial charge on any atom is 0.338 e. The number of esters is 1. The molecule has 1 aromatic carbocycles. The molecule has 0 radical (unpaired) electrons. The van der Waals surface area contributed by atoms with Gasteiger partial charge in [-0.25, -0.2) is 4.79 Å². The number of rotatable bonds is 1. The van der Waals surface area contributed by atoms with E-state index in [2.05, 4.69) is 27.7 Å². The van der Waals surface area contributed by atoms with E-state index in [1.54, 1.807) is 12.1 Å². The van der Waals surface area contributed by atoms with Gasteiger partial charge in [0.1, 0.15) is 0 Å². The van der Waals surface area contributed by atoms with Crippen LogP contribution in [0.1, 0.15) is 49.5 Å². The van der Waals surface area contributed by atoms with E-state index in [0.717, 1.165) is 11.3 Å². The van der Waals surface area contributed by atoms with Gasteiger partial charge in [0.25, 0.3) is 5.69 Å². The molecule has 0 saturated carbocycles. The molecule has 1 N–H and O–H groups in total. The van der Waals surface area contributed by atoms with Gasteiger partial charge >= 0.3 is 5.97 Å². The molecule has 1 heterocycles. The van der Waals surface area contributed by atoms with Crippen molar-refractivity contribution in [3.63, 3.8) is 0 Å². The molecule has 1 unspecified atom stereocenters. The second kappa shape index (κ2) is 4.37. The van der Waals surface area contributed by atoms with Crippen LogP contribution in [0.15, 0.2) is 18.2 Å². The maximum atomic E-state index is 11.6. The number of carbonyl (C=O) groups excluding carboxylic acids is 1. The highest BCUT2D eigenvalue weighted by Gasteiger charge is 2.44. The molecule has 1 aromatic rings. The molecule has 0 aliphatic carbocycles. The van der Waals surface area contributed by atoms with Crippen molar-refractivity contribution in [1.29, 1.82) is 0 Å². The number of nitrogens with zero attached hydrogens (tertiary/aromatic N) is 1. The summed E-state index contributed by atoms with van der Waals surface area (Å²) in [6, 6.07) is 5.30. The molecule has 0 amide bonds. The molecule has 0 bridgehead atoms. The average Bonchev–Trinajstić information content (AvgIpc) is 2.60. The molecule has 102 valence electrons. The molecule has 1 atom stereocenters. The van der Waals surface area contributed by atoms with Crippen LogP contribution >= 0.6 is 0 Å². The van der Waals surface area contributed by atoms with E-state index in [0.29, 0.717) is 11.3 Å². The highest BCUT2D eigenvalue weighted by Crippen LogP contribution is 2.40. The van der Waals surface area contributed by atoms with Gasteiger partial charge in [0, 0.05) is 21.8 Å². The van der Waals surface area contributed by atoms with Gasteiger partial charge in [0.2, 0.25) is 5.71 Å². The largest absolute Gasteiger partial charge is 0.465 e. The number of benzene rings is 1. The van der Waals surface area contributed by atoms with Crippen molar-refractivity contribution in [3.8, 4) is 0 Å². The van der Waals surface area contributed by atoms with Crippen LogP contribution < -0.4 is 0 Å². The first kappa shape index (κ1) is 13.6. The van der Waals surface area contributed by atoms with Crippen molar-refractivity contribution in [1.82, 2.24) is 0 Å². The number of methoxy groups -OCH3 is 1. The smallest absolute Gasteiger partial charge is 0.338 e. The number of carbonyl (C=O) groups is 1. The van der Waals surface area contributed by atoms with Gasteiger partial charge in [-0.15, -0.1) is 0 Å². The summed E-state index contributed by atoms with van der Waals surface area (Å²) < 4.78 is 5.92. The third-order valence-corrected chi connectivity index (χ3v) is 3.55. The van der Waals surface area contributed by atoms with Crippen LogP contribution in [0.25, 0.3) is 0 Å². The van der Waals surface area contributed by atoms with Crippen LogP contribution in [0.5, 0.6) is 0 Å². The molecule has 0 aromatic heterocycles. The Kier molecular flexibility index (Phi) is 3.12. The molecule has 4 nitrogen and oxygen atoms in total. The van der Waals surface area contributed by atoms with E-state index in [1.807, 2.05) is 6.07 Å². The zero-order chi connectivity index (χ0) is 14.4. The lowest BCUT2D eigenvalue weighted by molar-refractivity contribution is -0.713. The predicted octanol–water partition coefficient (Wildman–Crippen LogP) is 3.11. The summed E-state index contributed by atoms with van der Waals surface area (Å²) in [5.41, 5.74) is 2.94. The Morgan fingerprint density at radius 3 is 2.53 bits per heavy atom. The van der Waals surface area contributed by atoms with Gasteiger partial charge in [-0.3, -0.25) is 5.21 Å². The van der Waals surface area contributed by atoms with Crippen LogP contribution in [-0.4, -0.2) is 28.7 Å². The van der Waals surface area contributed by atoms with E-state index in [1.165, 1.54) is 11.8 Å². The predicted molar refractivity (Wildman–Crippen MR) is 72.4 cm³/mol. The maximum absolute atomic E-state index is 11.6. The SMILES string of the molecule is COC(=O)c1ccc2c(c1)[N+](O)=C(C(C)(C)C)C2C. The molecule has 0 saturated heterocycles. The first-order valence-electron chi connectivity index (χ1n) is 6.36. The lowest BCUT2D eigenvalue weighted by atomic mass is 9.81. The third kappa shape index (κ3) is 2.11. The zero-order valence-electron chi connectivity index (χ0n) is 12.0. The molecule has 19 heavy (non-hydrogen) atoms. The molecule has 1 aliphatic heterocycles. The summed E-state index contributed by atoms with van der Waals surface area (Å²) in [7, 11) is 1.35. The number of ether oxygens (including phenoxy) is 1. The van der Waals surface area contributed by atoms with Crippen molar-refractivity contribution in [2.24, 2.45) is 5.41 Å². The molecule has 0 fully saturated rings. The third-order valence-electron chi connectivity index (χ3n) is 3.55. The quantitative estimate of drug-likeness (QED) is 0.480. The highest BCUT2D eigenvalue weighted by atomic mass is 16.5. The average molecular weight is 262 g/mol. The summed E-state index contributed by atoms with van der Waals surface area (Å²) in [5, 5.41) is 10.4. The first-order chi connectivity index (χ1) is 8.77. The number of hydrogen-bond acceptors (Lipinski definition) is 3. The van der Waals surface area contributed by atoms with E-state index in [4.69, 9.17) is 4.74 Å². The van der Waals surface area contributed by atoms with Crippen LogP contribution in [0.2, 0.25) is 0 Å². The lowest BCUT2D eigenvalue weighted by Gasteiger charge is -2.16. The molecule has 4 heteroatoms. The van der Waals surface area contributed by atoms with E-state index in [-0.39, 0.29) is 11.3 Å². The topological polar surface area (TPSA) is 49.5 Å². The number of hydrogen-bond donors (Lipinski definition) is 1. The lowest BCUT2D eigenvalue weighted by Crippen LogP contribution is -2.28. The summed E-state index contributed by atoms with van der Waals surface area (Å²) in [4.78, 5) is 11.6. The Bertz CT molecular complexity index is 567. The zero-order valence-corrected chi connectivity index (χ0v) is 12.0. The van der Waals surface area contributed by atoms with Gasteiger partial charge < -0.3 is 4.74 Å². The van der Waals surface area contributed by atoms with Gasteiger partial charge in [-0.2, -0.15) is 0 Å². The summed E-state index contributed by atoms with van der Waals surface area (Å²) in [6.07, 6.45) is 0. The number of fused-ring (bicyclic) bond motifs is 1. The first-order valence-corrected chi connectivity index (χ1v) is 6.36. The molecular formula is C15H20NO3+. The fourth-order valence-electron chi connectivity index (χ4n) is 2.77. The van der Waals surface area contributed by atoms with E-state index < -0.39 is 5.97 Å². The Hall–Kier alpha value is -1.84. The standard InChI is InChI=1S/C15H20NO3/c1-9-11-7-6-10(14(17)19-5)8-12(11)16(18)13(9)15(2,3)4/h6-9,18H,1-5H3/q+1. The highest BCUT2D eigenvalue weighted by molar-refractivity contribution is 5.96. The molecule has 0 spiro atoms. The van der Waals surface area contributed by atoms with Crippen molar-refractivity contribution in [3.05, 3.63) is 29.3 Å². The normalized spacial score (nSPS) is 18.5. The van der Waals surface area contributed by atoms with Crippen molar-refractivity contribution >= 4 is 17.4 Å². The Labute approximate surface area is 113 Å². The minimum absolute atomic E-state index is 0.131. The second-order valence-corrected chi connectivity index (χ2v) is 5.93. The minimum Gasteiger partial charge on any atom is -0.465 e.